The first-order valence-electron chi connectivity index (χ1n) is 14.3. The number of hydrogen-bond donors (Lipinski definition) is 1. The Hall–Kier alpha value is -2.50. The van der Waals surface area contributed by atoms with Crippen molar-refractivity contribution in [2.75, 3.05) is 24.6 Å². The molecule has 210 valence electrons. The van der Waals surface area contributed by atoms with Gasteiger partial charge in [-0.25, -0.2) is 4.79 Å². The molecule has 4 atom stereocenters. The zero-order valence-corrected chi connectivity index (χ0v) is 24.5. The van der Waals surface area contributed by atoms with E-state index in [2.05, 4.69) is 30.5 Å². The number of aliphatic hydroxyl groups is 1. The standard InChI is InChI=1S/C33H42ClNO4/c1-6-8-29(36)32(5)16-14-24(32)19-35-20-33(15-7-9-22-17-25(34)11-12-26(22)33)21-38-28-13-10-23(18-27(28)35)30(37)39-31(2,3)4/h6,10-13,17-18,24,29,36H,1,7-9,14-16,19-21H2,2-5H3/t24-,29-,32+,33?/m1/s1. The van der Waals surface area contributed by atoms with Gasteiger partial charge in [-0.2, -0.15) is 0 Å². The van der Waals surface area contributed by atoms with Crippen LogP contribution in [0, 0.1) is 11.3 Å². The molecule has 0 aromatic heterocycles. The van der Waals surface area contributed by atoms with Crippen molar-refractivity contribution in [3.05, 3.63) is 70.8 Å². The summed E-state index contributed by atoms with van der Waals surface area (Å²) in [7, 11) is 0. The first kappa shape index (κ1) is 28.0. The summed E-state index contributed by atoms with van der Waals surface area (Å²) in [5, 5.41) is 11.8. The molecule has 2 aliphatic carbocycles. The van der Waals surface area contributed by atoms with E-state index in [1.54, 1.807) is 6.07 Å². The van der Waals surface area contributed by atoms with Gasteiger partial charge in [0.25, 0.3) is 0 Å². The largest absolute Gasteiger partial charge is 0.490 e. The molecule has 1 spiro atoms. The number of anilines is 1. The quantitative estimate of drug-likeness (QED) is 0.306. The van der Waals surface area contributed by atoms with E-state index in [1.807, 2.05) is 45.0 Å². The average molecular weight is 552 g/mol. The lowest BCUT2D eigenvalue weighted by molar-refractivity contribution is -0.0695. The highest BCUT2D eigenvalue weighted by molar-refractivity contribution is 6.30. The Balaban J connectivity index is 1.54. The number of benzene rings is 2. The first-order valence-corrected chi connectivity index (χ1v) is 14.6. The molecule has 5 rings (SSSR count). The third kappa shape index (κ3) is 5.45. The number of carbonyl (C=O) groups excluding carboxylic acids is 1. The molecule has 1 heterocycles. The van der Waals surface area contributed by atoms with Crippen LogP contribution >= 0.6 is 11.6 Å². The van der Waals surface area contributed by atoms with Gasteiger partial charge < -0.3 is 19.5 Å². The van der Waals surface area contributed by atoms with Gasteiger partial charge in [-0.3, -0.25) is 0 Å². The van der Waals surface area contributed by atoms with Crippen LogP contribution in [-0.4, -0.2) is 42.5 Å². The van der Waals surface area contributed by atoms with Gasteiger partial charge in [0.15, 0.2) is 0 Å². The second kappa shape index (κ2) is 10.5. The van der Waals surface area contributed by atoms with Crippen molar-refractivity contribution in [2.24, 2.45) is 11.3 Å². The van der Waals surface area contributed by atoms with Crippen LogP contribution < -0.4 is 9.64 Å². The van der Waals surface area contributed by atoms with Crippen molar-refractivity contribution in [3.8, 4) is 5.75 Å². The van der Waals surface area contributed by atoms with E-state index in [9.17, 15) is 9.90 Å². The summed E-state index contributed by atoms with van der Waals surface area (Å²) >= 11 is 6.40. The molecular formula is C33H42ClNO4. The molecule has 0 bridgehead atoms. The second-order valence-corrected chi connectivity index (χ2v) is 13.5. The lowest BCUT2D eigenvalue weighted by atomic mass is 9.57. The molecule has 1 saturated carbocycles. The Morgan fingerprint density at radius 1 is 1.28 bits per heavy atom. The number of aliphatic hydroxyl groups excluding tert-OH is 1. The zero-order valence-electron chi connectivity index (χ0n) is 23.8. The number of ether oxygens (including phenoxy) is 2. The van der Waals surface area contributed by atoms with Crippen LogP contribution in [0.5, 0.6) is 5.75 Å². The molecule has 1 aliphatic heterocycles. The molecule has 0 radical (unpaired) electrons. The Kier molecular flexibility index (Phi) is 7.54. The SMILES string of the molecule is C=CC[C@@H](O)[C@@]1(C)CC[C@@H]1CN1CC2(CCCc3cc(Cl)ccc32)COc2ccc(C(=O)OC(C)(C)C)cc21. The number of halogens is 1. The van der Waals surface area contributed by atoms with Gasteiger partial charge in [0.05, 0.1) is 24.0 Å². The van der Waals surface area contributed by atoms with Gasteiger partial charge in [0.1, 0.15) is 11.4 Å². The second-order valence-electron chi connectivity index (χ2n) is 13.1. The molecule has 1 fully saturated rings. The van der Waals surface area contributed by atoms with Crippen LogP contribution in [0.2, 0.25) is 5.02 Å². The van der Waals surface area contributed by atoms with E-state index < -0.39 is 11.7 Å². The summed E-state index contributed by atoms with van der Waals surface area (Å²) in [6.45, 7) is 13.8. The lowest BCUT2D eigenvalue weighted by Crippen LogP contribution is -2.53. The molecule has 39 heavy (non-hydrogen) atoms. The summed E-state index contributed by atoms with van der Waals surface area (Å²) in [6.07, 6.45) is 7.14. The van der Waals surface area contributed by atoms with Crippen molar-refractivity contribution in [2.45, 2.75) is 83.3 Å². The van der Waals surface area contributed by atoms with Gasteiger partial charge >= 0.3 is 5.97 Å². The maximum Gasteiger partial charge on any atom is 0.338 e. The van der Waals surface area contributed by atoms with E-state index >= 15 is 0 Å². The normalized spacial score (nSPS) is 26.9. The highest BCUT2D eigenvalue weighted by Crippen LogP contribution is 2.52. The molecule has 0 saturated heterocycles. The van der Waals surface area contributed by atoms with Crippen LogP contribution in [0.4, 0.5) is 5.69 Å². The third-order valence-electron chi connectivity index (χ3n) is 9.23. The predicted octanol–water partition coefficient (Wildman–Crippen LogP) is 7.12. The van der Waals surface area contributed by atoms with Crippen LogP contribution in [0.25, 0.3) is 0 Å². The summed E-state index contributed by atoms with van der Waals surface area (Å²) in [5.41, 5.74) is 3.11. The minimum Gasteiger partial charge on any atom is -0.490 e. The fourth-order valence-corrected chi connectivity index (χ4v) is 7.01. The Morgan fingerprint density at radius 2 is 2.08 bits per heavy atom. The molecule has 2 aromatic rings. The topological polar surface area (TPSA) is 59.0 Å². The van der Waals surface area contributed by atoms with Gasteiger partial charge in [0.2, 0.25) is 0 Å². The highest BCUT2D eigenvalue weighted by atomic mass is 35.5. The summed E-state index contributed by atoms with van der Waals surface area (Å²) < 4.78 is 12.3. The van der Waals surface area contributed by atoms with Crippen molar-refractivity contribution in [1.29, 1.82) is 0 Å². The lowest BCUT2D eigenvalue weighted by Gasteiger charge is -2.52. The van der Waals surface area contributed by atoms with Gasteiger partial charge in [-0.1, -0.05) is 30.7 Å². The number of fused-ring (bicyclic) bond motifs is 3. The number of carbonyl (C=O) groups is 1. The summed E-state index contributed by atoms with van der Waals surface area (Å²) in [5.74, 6) is 0.763. The fourth-order valence-electron chi connectivity index (χ4n) is 6.81. The van der Waals surface area contributed by atoms with E-state index in [-0.39, 0.29) is 16.8 Å². The zero-order chi connectivity index (χ0) is 28.0. The fraction of sp³-hybridized carbons (Fsp3) is 0.545. The van der Waals surface area contributed by atoms with Gasteiger partial charge in [0, 0.05) is 23.5 Å². The number of esters is 1. The molecule has 2 aromatic carbocycles. The Bertz CT molecular complexity index is 1250. The van der Waals surface area contributed by atoms with E-state index in [1.165, 1.54) is 11.1 Å². The molecule has 1 N–H and O–H groups in total. The molecule has 1 unspecified atom stereocenters. The number of rotatable bonds is 6. The van der Waals surface area contributed by atoms with Gasteiger partial charge in [-0.05, 0) is 112 Å². The Labute approximate surface area is 238 Å². The first-order chi connectivity index (χ1) is 18.4. The third-order valence-corrected chi connectivity index (χ3v) is 9.46. The maximum atomic E-state index is 13.0. The predicted molar refractivity (Wildman–Crippen MR) is 157 cm³/mol. The van der Waals surface area contributed by atoms with Crippen molar-refractivity contribution in [3.63, 3.8) is 0 Å². The van der Waals surface area contributed by atoms with E-state index in [4.69, 9.17) is 21.1 Å². The summed E-state index contributed by atoms with van der Waals surface area (Å²) in [6, 6.07) is 11.9. The van der Waals surface area contributed by atoms with Crippen molar-refractivity contribution < 1.29 is 19.4 Å². The monoisotopic (exact) mass is 551 g/mol. The number of aryl methyl sites for hydroxylation is 1. The van der Waals surface area contributed by atoms with Crippen molar-refractivity contribution in [1.82, 2.24) is 0 Å². The molecule has 5 nitrogen and oxygen atoms in total. The summed E-state index contributed by atoms with van der Waals surface area (Å²) in [4.78, 5) is 15.5. The van der Waals surface area contributed by atoms with Crippen molar-refractivity contribution >= 4 is 23.3 Å². The Morgan fingerprint density at radius 3 is 2.77 bits per heavy atom. The molecule has 6 heteroatoms. The molecule has 0 amide bonds. The highest BCUT2D eigenvalue weighted by Gasteiger charge is 2.49. The van der Waals surface area contributed by atoms with E-state index in [0.717, 1.165) is 61.7 Å². The smallest absolute Gasteiger partial charge is 0.338 e. The minimum atomic E-state index is -0.577. The van der Waals surface area contributed by atoms with Crippen LogP contribution in [0.3, 0.4) is 0 Å². The molecule has 3 aliphatic rings. The maximum absolute atomic E-state index is 13.0. The van der Waals surface area contributed by atoms with E-state index in [0.29, 0.717) is 24.5 Å². The molecular weight excluding hydrogens is 510 g/mol. The number of hydrogen-bond acceptors (Lipinski definition) is 5. The average Bonchev–Trinajstić information content (AvgIpc) is 3.02. The van der Waals surface area contributed by atoms with Crippen LogP contribution in [-0.2, 0) is 16.6 Å². The van der Waals surface area contributed by atoms with Gasteiger partial charge in [-0.15, -0.1) is 6.58 Å². The minimum absolute atomic E-state index is 0.171. The number of nitrogens with zero attached hydrogens (tertiary/aromatic N) is 1. The van der Waals surface area contributed by atoms with Crippen LogP contribution in [0.15, 0.2) is 49.1 Å². The van der Waals surface area contributed by atoms with Crippen LogP contribution in [0.1, 0.15) is 81.3 Å².